The molecule has 4 rings (SSSR count). The van der Waals surface area contributed by atoms with Crippen LogP contribution in [0.3, 0.4) is 0 Å². The van der Waals surface area contributed by atoms with Gasteiger partial charge >= 0.3 is 5.97 Å². The van der Waals surface area contributed by atoms with Crippen molar-refractivity contribution in [1.82, 2.24) is 19.7 Å². The van der Waals surface area contributed by atoms with Crippen LogP contribution in [0.2, 0.25) is 0 Å². The van der Waals surface area contributed by atoms with Crippen LogP contribution in [0.5, 0.6) is 0 Å². The molecular weight excluding hydrogens is 347 g/mol. The number of pyridine rings is 1. The Balaban J connectivity index is 2.07. The van der Waals surface area contributed by atoms with Gasteiger partial charge in [0.05, 0.1) is 11.7 Å². The van der Waals surface area contributed by atoms with Crippen LogP contribution < -0.4 is 0 Å². The molecule has 1 aromatic carbocycles. The zero-order valence-electron chi connectivity index (χ0n) is 15.0. The van der Waals surface area contributed by atoms with Crippen molar-refractivity contribution >= 4 is 28.0 Å². The Kier molecular flexibility index (Phi) is 4.14. The van der Waals surface area contributed by atoms with E-state index in [9.17, 15) is 14.3 Å². The third-order valence-corrected chi connectivity index (χ3v) is 4.71. The number of H-pyrrole nitrogens is 1. The number of aliphatic carboxylic acids is 1. The summed E-state index contributed by atoms with van der Waals surface area (Å²) in [6.07, 6.45) is 2.08. The lowest BCUT2D eigenvalue weighted by Gasteiger charge is -2.15. The average Bonchev–Trinajstić information content (AvgIpc) is 3.20. The summed E-state index contributed by atoms with van der Waals surface area (Å²) in [4.78, 5) is 16.0. The summed E-state index contributed by atoms with van der Waals surface area (Å²) in [6.45, 7) is 4.12. The van der Waals surface area contributed by atoms with Crippen molar-refractivity contribution in [3.05, 3.63) is 53.6 Å². The fourth-order valence-electron chi connectivity index (χ4n) is 3.60. The number of aromatic nitrogens is 4. The number of carboxylic acids is 1. The first kappa shape index (κ1) is 17.2. The van der Waals surface area contributed by atoms with Gasteiger partial charge in [0.1, 0.15) is 17.0 Å². The van der Waals surface area contributed by atoms with Crippen LogP contribution in [0.15, 0.2) is 36.5 Å². The van der Waals surface area contributed by atoms with E-state index < -0.39 is 5.97 Å². The van der Waals surface area contributed by atoms with Gasteiger partial charge < -0.3 is 5.11 Å². The molecule has 0 saturated carbocycles. The predicted molar refractivity (Wildman–Crippen MR) is 101 cm³/mol. The lowest BCUT2D eigenvalue weighted by molar-refractivity contribution is -0.136. The molecule has 0 aliphatic heterocycles. The molecule has 0 bridgehead atoms. The van der Waals surface area contributed by atoms with Crippen LogP contribution in [0.4, 0.5) is 4.39 Å². The molecule has 7 heteroatoms. The fraction of sp³-hybridized carbons (Fsp3) is 0.250. The summed E-state index contributed by atoms with van der Waals surface area (Å²) >= 11 is 0. The molecule has 0 amide bonds. The average molecular weight is 366 g/mol. The molecule has 0 aliphatic carbocycles. The number of aryl methyl sites for hydroxylation is 1. The van der Waals surface area contributed by atoms with Gasteiger partial charge in [-0.2, -0.15) is 5.10 Å². The Bertz CT molecular complexity index is 1140. The summed E-state index contributed by atoms with van der Waals surface area (Å²) in [6, 6.07) is 8.22. The van der Waals surface area contributed by atoms with Crippen LogP contribution in [0.1, 0.15) is 37.4 Å². The maximum absolute atomic E-state index is 13.5. The molecule has 6 nitrogen and oxygen atoms in total. The number of hydrogen-bond acceptors (Lipinski definition) is 3. The fourth-order valence-corrected chi connectivity index (χ4v) is 3.60. The normalized spacial score (nSPS) is 11.7. The number of nitrogens with one attached hydrogen (secondary N) is 1. The highest BCUT2D eigenvalue weighted by Gasteiger charge is 2.23. The van der Waals surface area contributed by atoms with Gasteiger partial charge in [0.15, 0.2) is 0 Å². The van der Waals surface area contributed by atoms with Crippen molar-refractivity contribution in [2.24, 2.45) is 0 Å². The van der Waals surface area contributed by atoms with Crippen molar-refractivity contribution in [2.75, 3.05) is 0 Å². The summed E-state index contributed by atoms with van der Waals surface area (Å²) in [5.41, 5.74) is 4.98. The molecule has 0 unspecified atom stereocenters. The summed E-state index contributed by atoms with van der Waals surface area (Å²) in [5, 5.41) is 17.0. The smallest absolute Gasteiger partial charge is 0.303 e. The third kappa shape index (κ3) is 2.95. The monoisotopic (exact) mass is 366 g/mol. The number of nitrogens with zero attached hydrogens (tertiary/aromatic N) is 3. The van der Waals surface area contributed by atoms with Crippen molar-refractivity contribution in [3.8, 4) is 5.69 Å². The molecule has 0 fully saturated rings. The standard InChI is InChI=1S/C20H19FN4O2/c1-11(2)19-14(7-8-18(26)27)15-9-16-17(10-22-24-16)23-20(15)25(19)13-5-3-12(21)4-6-13/h3-6,9-11H,7-8H2,1-2H3,(H,22,24)(H,26,27). The van der Waals surface area contributed by atoms with E-state index in [1.54, 1.807) is 18.3 Å². The maximum atomic E-state index is 13.5. The highest BCUT2D eigenvalue weighted by Crippen LogP contribution is 2.35. The summed E-state index contributed by atoms with van der Waals surface area (Å²) in [5.74, 6) is -1.02. The first-order valence-corrected chi connectivity index (χ1v) is 8.80. The second kappa shape index (κ2) is 6.50. The summed E-state index contributed by atoms with van der Waals surface area (Å²) in [7, 11) is 0. The first-order valence-electron chi connectivity index (χ1n) is 8.80. The number of aromatic amines is 1. The second-order valence-electron chi connectivity index (χ2n) is 6.89. The highest BCUT2D eigenvalue weighted by atomic mass is 19.1. The SMILES string of the molecule is CC(C)c1c(CCC(=O)O)c2cc3[nH]ncc3nc2n1-c1ccc(F)cc1. The van der Waals surface area contributed by atoms with Crippen molar-refractivity contribution in [1.29, 1.82) is 0 Å². The van der Waals surface area contributed by atoms with E-state index in [1.807, 2.05) is 10.6 Å². The van der Waals surface area contributed by atoms with Gasteiger partial charge in [0.2, 0.25) is 0 Å². The van der Waals surface area contributed by atoms with Crippen molar-refractivity contribution in [2.45, 2.75) is 32.6 Å². The molecule has 3 aromatic heterocycles. The Hall–Kier alpha value is -3.22. The Labute approximate surface area is 154 Å². The molecule has 0 saturated heterocycles. The Morgan fingerprint density at radius 2 is 2.04 bits per heavy atom. The number of carboxylic acid groups (broad SMARTS) is 1. The molecular formula is C20H19FN4O2. The highest BCUT2D eigenvalue weighted by molar-refractivity contribution is 5.93. The van der Waals surface area contributed by atoms with Gasteiger partial charge in [0, 0.05) is 23.2 Å². The largest absolute Gasteiger partial charge is 0.481 e. The van der Waals surface area contributed by atoms with Crippen molar-refractivity contribution in [3.63, 3.8) is 0 Å². The number of fused-ring (bicyclic) bond motifs is 2. The van der Waals surface area contributed by atoms with Crippen LogP contribution in [0.25, 0.3) is 27.8 Å². The minimum atomic E-state index is -0.844. The van der Waals surface area contributed by atoms with Gasteiger partial charge in [-0.1, -0.05) is 13.8 Å². The molecule has 0 aliphatic rings. The maximum Gasteiger partial charge on any atom is 0.303 e. The van der Waals surface area contributed by atoms with Gasteiger partial charge in [-0.15, -0.1) is 0 Å². The first-order chi connectivity index (χ1) is 13.0. The number of carbonyl (C=O) groups is 1. The van der Waals surface area contributed by atoms with Crippen LogP contribution in [-0.2, 0) is 11.2 Å². The van der Waals surface area contributed by atoms with E-state index in [4.69, 9.17) is 4.98 Å². The molecule has 138 valence electrons. The van der Waals surface area contributed by atoms with E-state index >= 15 is 0 Å². The van der Waals surface area contributed by atoms with Crippen LogP contribution in [-0.4, -0.2) is 30.8 Å². The lowest BCUT2D eigenvalue weighted by atomic mass is 9.99. The van der Waals surface area contributed by atoms with E-state index in [0.717, 1.165) is 39.0 Å². The molecule has 0 radical (unpaired) electrons. The second-order valence-corrected chi connectivity index (χ2v) is 6.89. The van der Waals surface area contributed by atoms with Crippen LogP contribution >= 0.6 is 0 Å². The quantitative estimate of drug-likeness (QED) is 0.555. The van der Waals surface area contributed by atoms with E-state index in [0.29, 0.717) is 6.42 Å². The molecule has 0 atom stereocenters. The molecule has 0 spiro atoms. The van der Waals surface area contributed by atoms with Crippen molar-refractivity contribution < 1.29 is 14.3 Å². The number of rotatable bonds is 5. The number of hydrogen-bond donors (Lipinski definition) is 2. The number of benzene rings is 1. The topological polar surface area (TPSA) is 83.8 Å². The van der Waals surface area contributed by atoms with E-state index in [-0.39, 0.29) is 18.2 Å². The minimum absolute atomic E-state index is 0.0310. The Morgan fingerprint density at radius 1 is 1.30 bits per heavy atom. The van der Waals surface area contributed by atoms with E-state index in [1.165, 1.54) is 12.1 Å². The Morgan fingerprint density at radius 3 is 2.70 bits per heavy atom. The molecule has 27 heavy (non-hydrogen) atoms. The lowest BCUT2D eigenvalue weighted by Crippen LogP contribution is -2.06. The summed E-state index contributed by atoms with van der Waals surface area (Å²) < 4.78 is 15.5. The van der Waals surface area contributed by atoms with Gasteiger partial charge in [-0.3, -0.25) is 14.5 Å². The molecule has 2 N–H and O–H groups in total. The zero-order valence-corrected chi connectivity index (χ0v) is 15.0. The minimum Gasteiger partial charge on any atom is -0.481 e. The third-order valence-electron chi connectivity index (χ3n) is 4.71. The zero-order chi connectivity index (χ0) is 19.1. The van der Waals surface area contributed by atoms with Crippen LogP contribution in [0, 0.1) is 5.82 Å². The van der Waals surface area contributed by atoms with Gasteiger partial charge in [-0.05, 0) is 48.2 Å². The van der Waals surface area contributed by atoms with Gasteiger partial charge in [0.25, 0.3) is 0 Å². The van der Waals surface area contributed by atoms with E-state index in [2.05, 4.69) is 24.0 Å². The number of halogens is 1. The molecule has 4 aromatic rings. The predicted octanol–water partition coefficient (Wildman–Crippen LogP) is 4.18. The van der Waals surface area contributed by atoms with Gasteiger partial charge in [-0.25, -0.2) is 9.37 Å². The molecule has 3 heterocycles.